The summed E-state index contributed by atoms with van der Waals surface area (Å²) in [6.07, 6.45) is 6.47. The van der Waals surface area contributed by atoms with E-state index in [4.69, 9.17) is 0 Å². The van der Waals surface area contributed by atoms with Crippen molar-refractivity contribution in [1.29, 1.82) is 0 Å². The maximum absolute atomic E-state index is 4.55. The Kier molecular flexibility index (Phi) is 28.8. The fourth-order valence-electron chi connectivity index (χ4n) is 6.18. The van der Waals surface area contributed by atoms with Crippen LogP contribution < -0.4 is 0 Å². The van der Waals surface area contributed by atoms with E-state index in [1.165, 1.54) is 0 Å². The first-order chi connectivity index (χ1) is 23.3. The van der Waals surface area contributed by atoms with Crippen LogP contribution in [0.3, 0.4) is 0 Å². The maximum atomic E-state index is 4.55. The van der Waals surface area contributed by atoms with E-state index in [9.17, 15) is 0 Å². The summed E-state index contributed by atoms with van der Waals surface area (Å²) in [5, 5.41) is 13.6. The molecule has 0 aliphatic heterocycles. The molecule has 0 radical (unpaired) electrons. The second-order valence-electron chi connectivity index (χ2n) is 17.0. The van der Waals surface area contributed by atoms with E-state index >= 15 is 0 Å². The molecule has 0 N–H and O–H groups in total. The molecule has 0 aromatic rings. The number of guanidine groups is 3. The van der Waals surface area contributed by atoms with E-state index in [1.54, 1.807) is 0 Å². The predicted molar refractivity (Wildman–Crippen MR) is 234 cm³/mol. The number of rotatable bonds is 15. The Bertz CT molecular complexity index is 850. The van der Waals surface area contributed by atoms with Gasteiger partial charge in [0.2, 0.25) is 0 Å². The first-order valence-corrected chi connectivity index (χ1v) is 20.1. The van der Waals surface area contributed by atoms with Crippen LogP contribution in [0.2, 0.25) is 0 Å². The van der Waals surface area contributed by atoms with Crippen LogP contribution in [0.5, 0.6) is 0 Å². The number of nitrogens with zero attached hydrogens (tertiary/aromatic N) is 9. The van der Waals surface area contributed by atoms with Gasteiger partial charge < -0.3 is 45.6 Å². The van der Waals surface area contributed by atoms with Crippen LogP contribution in [-0.2, 0) is 0 Å². The first kappa shape index (κ1) is 57.7. The van der Waals surface area contributed by atoms with E-state index in [-0.39, 0.29) is 68.8 Å². The van der Waals surface area contributed by atoms with E-state index in [0.29, 0.717) is 0 Å². The van der Waals surface area contributed by atoms with Crippen LogP contribution in [0, 0.1) is 35.6 Å². The summed E-state index contributed by atoms with van der Waals surface area (Å²) in [5.74, 6) is 2.64. The van der Waals surface area contributed by atoms with Crippen LogP contribution in [0.4, 0.5) is 0 Å². The molecule has 306 valence electrons. The van der Waals surface area contributed by atoms with E-state index in [0.717, 1.165) is 76.0 Å². The summed E-state index contributed by atoms with van der Waals surface area (Å²) in [5.41, 5.74) is 0.458. The van der Waals surface area contributed by atoms with Crippen molar-refractivity contribution in [1.82, 2.24) is 14.7 Å². The van der Waals surface area contributed by atoms with Crippen LogP contribution >= 0.6 is 0 Å². The summed E-state index contributed by atoms with van der Waals surface area (Å²) >= 11 is 0. The minimum Gasteiger partial charge on any atom is -0.415 e. The molecule has 0 spiro atoms. The smallest absolute Gasteiger partial charge is 0.415 e. The zero-order valence-electron chi connectivity index (χ0n) is 39.5. The van der Waals surface area contributed by atoms with Crippen molar-refractivity contribution in [3.8, 4) is 0 Å². The van der Waals surface area contributed by atoms with Crippen molar-refractivity contribution in [2.75, 3.05) is 40.8 Å². The molecule has 0 unspecified atom stereocenters. The summed E-state index contributed by atoms with van der Waals surface area (Å²) in [4.78, 5) is 20.3. The Labute approximate surface area is 354 Å². The van der Waals surface area contributed by atoms with Gasteiger partial charge in [-0.2, -0.15) is 0 Å². The van der Waals surface area contributed by atoms with Crippen LogP contribution in [-0.4, -0.2) is 107 Å². The van der Waals surface area contributed by atoms with Gasteiger partial charge in [-0.3, -0.25) is 0 Å². The van der Waals surface area contributed by atoms with E-state index in [2.05, 4.69) is 191 Å². The summed E-state index contributed by atoms with van der Waals surface area (Å²) < 4.78 is 0. The first-order valence-electron chi connectivity index (χ1n) is 20.1. The zero-order valence-corrected chi connectivity index (χ0v) is 43.1. The van der Waals surface area contributed by atoms with Crippen molar-refractivity contribution in [2.45, 2.75) is 217 Å². The topological polar surface area (TPSA) is 89.1 Å². The fourth-order valence-corrected chi connectivity index (χ4v) is 6.18. The minimum absolute atomic E-state index is 0. The SMILES string of the molecule is CC[N-]C(=NC)N(C(C)(C)CC)C(C)(C)CC.CC[N-]C(=NC)N(C(C)(C)CC)C(C)(C)CC.CC[N-]C(=NC)N(C(C)(C)CC)C(C)(C)CC.[La+3]. The standard InChI is InChI=1S/3C14H30N3.La/c3*1-9-13(4,5)17(14(6,7)10-2)12(15-8)16-11-3;/h3*9-11H2,1-8H3;/q3*-1;+3. The molecular formula is C42H90LaN9. The summed E-state index contributed by atoms with van der Waals surface area (Å²) in [6, 6.07) is 0. The maximum Gasteiger partial charge on any atom is 3.00 e. The van der Waals surface area contributed by atoms with Crippen molar-refractivity contribution in [3.05, 3.63) is 16.0 Å². The van der Waals surface area contributed by atoms with Crippen molar-refractivity contribution in [2.24, 2.45) is 15.0 Å². The number of aliphatic imine (C=N–C) groups is 3. The quantitative estimate of drug-likeness (QED) is 0.121. The Morgan fingerprint density at radius 1 is 0.346 bits per heavy atom. The predicted octanol–water partition coefficient (Wildman–Crippen LogP) is 12.1. The van der Waals surface area contributed by atoms with Gasteiger partial charge in [0.1, 0.15) is 0 Å². The van der Waals surface area contributed by atoms with Gasteiger partial charge >= 0.3 is 35.6 Å². The van der Waals surface area contributed by atoms with Gasteiger partial charge in [-0.1, -0.05) is 145 Å². The van der Waals surface area contributed by atoms with E-state index < -0.39 is 0 Å². The number of hydrogen-bond donors (Lipinski definition) is 0. The summed E-state index contributed by atoms with van der Waals surface area (Å²) in [7, 11) is 5.50. The third kappa shape index (κ3) is 17.6. The third-order valence-electron chi connectivity index (χ3n) is 10.9. The average Bonchev–Trinajstić information content (AvgIpc) is 3.07. The van der Waals surface area contributed by atoms with Crippen LogP contribution in [0.1, 0.15) is 184 Å². The second kappa shape index (κ2) is 26.0. The van der Waals surface area contributed by atoms with Crippen LogP contribution in [0.25, 0.3) is 16.0 Å². The van der Waals surface area contributed by atoms with Gasteiger partial charge in [-0.05, 0) is 113 Å². The third-order valence-corrected chi connectivity index (χ3v) is 10.9. The fraction of sp³-hybridized carbons (Fsp3) is 0.929. The molecule has 0 bridgehead atoms. The molecule has 0 amide bonds. The Balaban J connectivity index is -0.000000329. The molecule has 0 atom stereocenters. The molecule has 0 aliphatic carbocycles. The molecule has 9 nitrogen and oxygen atoms in total. The summed E-state index contributed by atoms with van der Waals surface area (Å²) in [6.45, 7) is 49.0. The Morgan fingerprint density at radius 3 is 0.558 bits per heavy atom. The van der Waals surface area contributed by atoms with Gasteiger partial charge in [0.15, 0.2) is 0 Å². The van der Waals surface area contributed by atoms with Gasteiger partial charge in [0, 0.05) is 17.9 Å². The number of hydrogen-bond acceptors (Lipinski definition) is 3. The monoisotopic (exact) mass is 860 g/mol. The molecule has 0 aromatic heterocycles. The second-order valence-corrected chi connectivity index (χ2v) is 17.0. The Hall–Kier alpha value is -0.995. The molecule has 52 heavy (non-hydrogen) atoms. The molecule has 0 rings (SSSR count). The van der Waals surface area contributed by atoms with Crippen molar-refractivity contribution >= 4 is 17.9 Å². The van der Waals surface area contributed by atoms with Crippen LogP contribution in [0.15, 0.2) is 15.0 Å². The molecular weight excluding hydrogens is 769 g/mol. The molecule has 10 heteroatoms. The largest absolute Gasteiger partial charge is 3.00 e. The molecule has 0 fully saturated rings. The Morgan fingerprint density at radius 2 is 0.481 bits per heavy atom. The molecule has 0 aliphatic rings. The normalized spacial score (nSPS) is 13.5. The average molecular weight is 860 g/mol. The van der Waals surface area contributed by atoms with Gasteiger partial charge in [0.05, 0.1) is 0 Å². The van der Waals surface area contributed by atoms with Gasteiger partial charge in [0.25, 0.3) is 0 Å². The van der Waals surface area contributed by atoms with E-state index in [1.807, 2.05) is 21.1 Å². The minimum atomic E-state index is 0. The van der Waals surface area contributed by atoms with Gasteiger partial charge in [-0.25, -0.2) is 0 Å². The molecule has 0 heterocycles. The van der Waals surface area contributed by atoms with Crippen molar-refractivity contribution < 1.29 is 35.6 Å². The zero-order chi connectivity index (χ0) is 41.1. The van der Waals surface area contributed by atoms with Crippen molar-refractivity contribution in [3.63, 3.8) is 0 Å². The molecule has 0 saturated heterocycles. The van der Waals surface area contributed by atoms with Gasteiger partial charge in [-0.15, -0.1) is 0 Å². The molecule has 0 saturated carbocycles. The molecule has 0 aromatic carbocycles.